The lowest BCUT2D eigenvalue weighted by Gasteiger charge is -2.28. The van der Waals surface area contributed by atoms with Crippen molar-refractivity contribution in [2.45, 2.75) is 31.3 Å². The molecule has 2 fully saturated rings. The highest BCUT2D eigenvalue weighted by Gasteiger charge is 2.39. The average Bonchev–Trinajstić information content (AvgIpc) is 3.16. The first kappa shape index (κ1) is 16.9. The van der Waals surface area contributed by atoms with E-state index in [1.165, 1.54) is 0 Å². The average molecular weight is 342 g/mol. The van der Waals surface area contributed by atoms with Gasteiger partial charge >= 0.3 is 0 Å². The molecular weight excluding hydrogens is 316 g/mol. The van der Waals surface area contributed by atoms with Crippen LogP contribution in [0, 0.1) is 5.92 Å². The lowest BCUT2D eigenvalue weighted by molar-refractivity contribution is 0.00493. The summed E-state index contributed by atoms with van der Waals surface area (Å²) in [6.45, 7) is 2.75. The Morgan fingerprint density at radius 3 is 2.87 bits per heavy atom. The molecule has 3 rings (SSSR count). The van der Waals surface area contributed by atoms with Crippen LogP contribution in [0.5, 0.6) is 0 Å². The van der Waals surface area contributed by atoms with E-state index in [0.717, 1.165) is 44.3 Å². The van der Waals surface area contributed by atoms with Gasteiger partial charge in [0, 0.05) is 32.0 Å². The molecule has 0 radical (unpaired) electrons. The van der Waals surface area contributed by atoms with Crippen LogP contribution in [0.4, 0.5) is 0 Å². The van der Waals surface area contributed by atoms with Gasteiger partial charge in [0.1, 0.15) is 5.60 Å². The summed E-state index contributed by atoms with van der Waals surface area (Å²) in [6, 6.07) is 0. The van der Waals surface area contributed by atoms with Crippen LogP contribution >= 0.6 is 0 Å². The van der Waals surface area contributed by atoms with Crippen LogP contribution in [0.3, 0.4) is 0 Å². The van der Waals surface area contributed by atoms with Crippen molar-refractivity contribution in [3.63, 3.8) is 0 Å². The highest BCUT2D eigenvalue weighted by molar-refractivity contribution is 7.89. The van der Waals surface area contributed by atoms with Gasteiger partial charge in [-0.1, -0.05) is 0 Å². The second kappa shape index (κ2) is 6.88. The number of rotatable bonds is 6. The molecule has 0 amide bonds. The number of nitrogens with one attached hydrogen (secondary N) is 2. The molecule has 23 heavy (non-hydrogen) atoms. The Morgan fingerprint density at radius 1 is 1.48 bits per heavy atom. The molecule has 0 aromatic carbocycles. The molecule has 7 nitrogen and oxygen atoms in total. The summed E-state index contributed by atoms with van der Waals surface area (Å²) in [5, 5.41) is 7.46. The standard InChI is InChI=1S/C15H26N4O3S/c1-19-10-14(9-17-19)15(5-2-8-22-15)12-18-23(20,21)11-13-3-6-16-7-4-13/h9-10,13,16,18H,2-8,11-12H2,1H3. The molecule has 0 saturated carbocycles. The fraction of sp³-hybridized carbons (Fsp3) is 0.800. The molecule has 1 aromatic rings. The Balaban J connectivity index is 1.64. The normalized spacial score (nSPS) is 26.7. The van der Waals surface area contributed by atoms with E-state index in [1.54, 1.807) is 10.9 Å². The van der Waals surface area contributed by atoms with Crippen LogP contribution in [0.2, 0.25) is 0 Å². The zero-order valence-electron chi connectivity index (χ0n) is 13.6. The van der Waals surface area contributed by atoms with Crippen molar-refractivity contribution in [3.8, 4) is 0 Å². The molecule has 2 saturated heterocycles. The topological polar surface area (TPSA) is 85.2 Å². The lowest BCUT2D eigenvalue weighted by Crippen LogP contribution is -2.42. The van der Waals surface area contributed by atoms with E-state index in [1.807, 2.05) is 13.2 Å². The first-order valence-corrected chi connectivity index (χ1v) is 9.95. The van der Waals surface area contributed by atoms with Crippen LogP contribution in [-0.2, 0) is 27.4 Å². The second-order valence-electron chi connectivity index (χ2n) is 6.64. The molecule has 0 spiro atoms. The van der Waals surface area contributed by atoms with Gasteiger partial charge in [-0.15, -0.1) is 0 Å². The predicted octanol–water partition coefficient (Wildman–Crippen LogP) is 0.345. The van der Waals surface area contributed by atoms with Crippen molar-refractivity contribution in [2.24, 2.45) is 13.0 Å². The van der Waals surface area contributed by atoms with Gasteiger partial charge in [0.2, 0.25) is 10.0 Å². The number of aryl methyl sites for hydroxylation is 1. The van der Waals surface area contributed by atoms with E-state index in [-0.39, 0.29) is 18.2 Å². The maximum absolute atomic E-state index is 12.4. The zero-order valence-corrected chi connectivity index (χ0v) is 14.4. The number of ether oxygens (including phenoxy) is 1. The van der Waals surface area contributed by atoms with Crippen LogP contribution in [0.1, 0.15) is 31.2 Å². The Kier molecular flexibility index (Phi) is 5.05. The molecule has 2 N–H and O–H groups in total. The molecule has 3 heterocycles. The summed E-state index contributed by atoms with van der Waals surface area (Å²) in [5.41, 5.74) is 0.372. The largest absolute Gasteiger partial charge is 0.369 e. The van der Waals surface area contributed by atoms with Crippen molar-refractivity contribution in [1.29, 1.82) is 0 Å². The molecule has 8 heteroatoms. The van der Waals surface area contributed by atoms with Crippen LogP contribution in [-0.4, -0.2) is 50.2 Å². The number of piperidine rings is 1. The molecule has 2 aliphatic rings. The molecule has 1 atom stereocenters. The molecule has 0 aliphatic carbocycles. The molecule has 1 aromatic heterocycles. The third-order valence-corrected chi connectivity index (χ3v) is 6.32. The van der Waals surface area contributed by atoms with E-state index in [4.69, 9.17) is 4.74 Å². The minimum Gasteiger partial charge on any atom is -0.369 e. The number of sulfonamides is 1. The number of hydrogen-bond acceptors (Lipinski definition) is 5. The first-order valence-electron chi connectivity index (χ1n) is 8.30. The van der Waals surface area contributed by atoms with Crippen molar-refractivity contribution in [3.05, 3.63) is 18.0 Å². The molecule has 2 aliphatic heterocycles. The Bertz CT molecular complexity index is 616. The summed E-state index contributed by atoms with van der Waals surface area (Å²) < 4.78 is 35.3. The van der Waals surface area contributed by atoms with Gasteiger partial charge in [-0.05, 0) is 44.7 Å². The highest BCUT2D eigenvalue weighted by Crippen LogP contribution is 2.35. The molecule has 1 unspecified atom stereocenters. The van der Waals surface area contributed by atoms with Crippen molar-refractivity contribution >= 4 is 10.0 Å². The van der Waals surface area contributed by atoms with Gasteiger partial charge in [0.25, 0.3) is 0 Å². The second-order valence-corrected chi connectivity index (χ2v) is 8.50. The van der Waals surface area contributed by atoms with Crippen molar-refractivity contribution < 1.29 is 13.2 Å². The summed E-state index contributed by atoms with van der Waals surface area (Å²) in [5.74, 6) is 0.449. The quantitative estimate of drug-likeness (QED) is 0.779. The van der Waals surface area contributed by atoms with Crippen LogP contribution < -0.4 is 10.0 Å². The third kappa shape index (κ3) is 4.12. The number of nitrogens with zero attached hydrogens (tertiary/aromatic N) is 2. The van der Waals surface area contributed by atoms with Crippen molar-refractivity contribution in [2.75, 3.05) is 32.0 Å². The number of hydrogen-bond donors (Lipinski definition) is 2. The lowest BCUT2D eigenvalue weighted by atomic mass is 9.94. The van der Waals surface area contributed by atoms with Crippen LogP contribution in [0.15, 0.2) is 12.4 Å². The summed E-state index contributed by atoms with van der Waals surface area (Å²) in [6.07, 6.45) is 7.27. The fourth-order valence-corrected chi connectivity index (χ4v) is 4.99. The zero-order chi connectivity index (χ0) is 16.3. The van der Waals surface area contributed by atoms with E-state index in [2.05, 4.69) is 15.1 Å². The van der Waals surface area contributed by atoms with Gasteiger partial charge in [-0.3, -0.25) is 4.68 Å². The first-order chi connectivity index (χ1) is 11.0. The van der Waals surface area contributed by atoms with E-state index in [9.17, 15) is 8.42 Å². The van der Waals surface area contributed by atoms with Gasteiger partial charge in [0.05, 0.1) is 11.9 Å². The summed E-state index contributed by atoms with van der Waals surface area (Å²) in [4.78, 5) is 0. The van der Waals surface area contributed by atoms with Gasteiger partial charge in [-0.2, -0.15) is 5.10 Å². The monoisotopic (exact) mass is 342 g/mol. The SMILES string of the molecule is Cn1cc(C2(CNS(=O)(=O)CC3CCNCC3)CCCO2)cn1. The predicted molar refractivity (Wildman–Crippen MR) is 87.5 cm³/mol. The summed E-state index contributed by atoms with van der Waals surface area (Å²) in [7, 11) is -1.44. The Morgan fingerprint density at radius 2 is 2.26 bits per heavy atom. The Labute approximate surface area is 137 Å². The van der Waals surface area contributed by atoms with E-state index in [0.29, 0.717) is 6.61 Å². The maximum Gasteiger partial charge on any atom is 0.211 e. The van der Waals surface area contributed by atoms with Gasteiger partial charge in [-0.25, -0.2) is 13.1 Å². The minimum atomic E-state index is -3.29. The van der Waals surface area contributed by atoms with Crippen molar-refractivity contribution in [1.82, 2.24) is 19.8 Å². The minimum absolute atomic E-state index is 0.206. The van der Waals surface area contributed by atoms with E-state index >= 15 is 0 Å². The summed E-state index contributed by atoms with van der Waals surface area (Å²) >= 11 is 0. The van der Waals surface area contributed by atoms with Gasteiger partial charge in [0.15, 0.2) is 0 Å². The Hall–Kier alpha value is -0.960. The fourth-order valence-electron chi connectivity index (χ4n) is 3.47. The van der Waals surface area contributed by atoms with E-state index < -0.39 is 15.6 Å². The third-order valence-electron chi connectivity index (χ3n) is 4.83. The highest BCUT2D eigenvalue weighted by atomic mass is 32.2. The molecular formula is C15H26N4O3S. The smallest absolute Gasteiger partial charge is 0.211 e. The van der Waals surface area contributed by atoms with Crippen LogP contribution in [0.25, 0.3) is 0 Å². The maximum atomic E-state index is 12.4. The molecule has 0 bridgehead atoms. The number of aromatic nitrogens is 2. The molecule has 130 valence electrons. The van der Waals surface area contributed by atoms with Gasteiger partial charge < -0.3 is 10.1 Å².